The van der Waals surface area contributed by atoms with E-state index >= 15 is 0 Å². The monoisotopic (exact) mass is 452 g/mol. The molecular formula is C22H21FN6O4. The predicted octanol–water partition coefficient (Wildman–Crippen LogP) is 1.51. The van der Waals surface area contributed by atoms with Gasteiger partial charge in [0.1, 0.15) is 47.5 Å². The summed E-state index contributed by atoms with van der Waals surface area (Å²) in [6.07, 6.45) is 0.418. The lowest BCUT2D eigenvalue weighted by Gasteiger charge is -2.26. The van der Waals surface area contributed by atoms with Crippen LogP contribution >= 0.6 is 0 Å². The van der Waals surface area contributed by atoms with E-state index in [0.717, 1.165) is 0 Å². The first kappa shape index (κ1) is 20.1. The van der Waals surface area contributed by atoms with E-state index in [0.29, 0.717) is 46.3 Å². The summed E-state index contributed by atoms with van der Waals surface area (Å²) in [4.78, 5) is 12.3. The molecule has 0 amide bonds. The van der Waals surface area contributed by atoms with Crippen molar-refractivity contribution in [3.05, 3.63) is 48.7 Å². The number of pyridine rings is 1. The highest BCUT2D eigenvalue weighted by molar-refractivity contribution is 5.86. The third-order valence-corrected chi connectivity index (χ3v) is 6.60. The van der Waals surface area contributed by atoms with Crippen LogP contribution in [0.1, 0.15) is 19.1 Å². The van der Waals surface area contributed by atoms with E-state index in [-0.39, 0.29) is 5.82 Å². The first-order valence-corrected chi connectivity index (χ1v) is 10.5. The number of hydrogen-bond donors (Lipinski definition) is 4. The summed E-state index contributed by atoms with van der Waals surface area (Å²) < 4.78 is 27.6. The van der Waals surface area contributed by atoms with E-state index in [1.807, 2.05) is 0 Å². The van der Waals surface area contributed by atoms with Crippen LogP contribution in [0.4, 0.5) is 16.0 Å². The van der Waals surface area contributed by atoms with Crippen molar-refractivity contribution < 1.29 is 24.1 Å². The number of nitrogens with zero attached hydrogens (tertiary/aromatic N) is 4. The summed E-state index contributed by atoms with van der Waals surface area (Å²) in [5.41, 5.74) is 11.0. The molecule has 5 atom stereocenters. The zero-order valence-corrected chi connectivity index (χ0v) is 17.3. The highest BCUT2D eigenvalue weighted by Crippen LogP contribution is 2.48. The average Bonchev–Trinajstić information content (AvgIpc) is 3.42. The molecule has 6 N–H and O–H groups in total. The number of nitrogens with two attached hydrogens (primary N) is 2. The van der Waals surface area contributed by atoms with Gasteiger partial charge in [-0.25, -0.2) is 19.3 Å². The maximum absolute atomic E-state index is 13.7. The Hall–Kier alpha value is -3.54. The van der Waals surface area contributed by atoms with Gasteiger partial charge in [0.15, 0.2) is 17.9 Å². The normalized spacial score (nSPS) is 29.1. The van der Waals surface area contributed by atoms with Crippen molar-refractivity contribution >= 4 is 33.6 Å². The minimum atomic E-state index is -1.49. The molecule has 4 aromatic rings. The van der Waals surface area contributed by atoms with Crippen molar-refractivity contribution in [1.29, 1.82) is 0 Å². The Labute approximate surface area is 186 Å². The molecule has 0 radical (unpaired) electrons. The predicted molar refractivity (Wildman–Crippen MR) is 117 cm³/mol. The van der Waals surface area contributed by atoms with E-state index in [1.54, 1.807) is 35.0 Å². The van der Waals surface area contributed by atoms with Crippen molar-refractivity contribution in [1.82, 2.24) is 19.5 Å². The summed E-state index contributed by atoms with van der Waals surface area (Å²) in [5, 5.41) is 23.5. The first-order valence-electron chi connectivity index (χ1n) is 10.5. The van der Waals surface area contributed by atoms with E-state index in [4.69, 9.17) is 20.9 Å². The molecule has 6 rings (SSSR count). The van der Waals surface area contributed by atoms with Gasteiger partial charge in [-0.2, -0.15) is 0 Å². The minimum absolute atomic E-state index is 0.191. The Balaban J connectivity index is 1.29. The van der Waals surface area contributed by atoms with Crippen LogP contribution in [0.15, 0.2) is 42.9 Å². The lowest BCUT2D eigenvalue weighted by atomic mass is 9.94. The molecule has 1 saturated carbocycles. The molecule has 0 spiro atoms. The number of halogens is 1. The number of anilines is 2. The Morgan fingerprint density at radius 3 is 2.88 bits per heavy atom. The van der Waals surface area contributed by atoms with Gasteiger partial charge in [-0.05, 0) is 37.1 Å². The molecule has 4 heterocycles. The maximum Gasteiger partial charge on any atom is 0.165 e. The van der Waals surface area contributed by atoms with Gasteiger partial charge in [0, 0.05) is 17.6 Å². The van der Waals surface area contributed by atoms with Crippen LogP contribution in [0, 0.1) is 5.82 Å². The molecule has 1 saturated heterocycles. The van der Waals surface area contributed by atoms with Crippen LogP contribution in [-0.4, -0.2) is 53.6 Å². The van der Waals surface area contributed by atoms with E-state index in [1.165, 1.54) is 12.4 Å². The third-order valence-electron chi connectivity index (χ3n) is 6.60. The fraction of sp³-hybridized carbons (Fsp3) is 0.318. The van der Waals surface area contributed by atoms with Crippen molar-refractivity contribution in [2.24, 2.45) is 0 Å². The molecule has 1 aliphatic heterocycles. The first-order chi connectivity index (χ1) is 15.8. The molecule has 1 aromatic carbocycles. The zero-order valence-electron chi connectivity index (χ0n) is 17.3. The topological polar surface area (TPSA) is 155 Å². The number of nitrogen functional groups attached to an aromatic ring is 2. The summed E-state index contributed by atoms with van der Waals surface area (Å²) in [6, 6.07) is 8.09. The Kier molecular flexibility index (Phi) is 4.25. The molecule has 11 heteroatoms. The van der Waals surface area contributed by atoms with Gasteiger partial charge in [0.25, 0.3) is 0 Å². The molecule has 10 nitrogen and oxygen atoms in total. The number of fused-ring (bicyclic) bond motifs is 3. The van der Waals surface area contributed by atoms with Gasteiger partial charge >= 0.3 is 0 Å². The third kappa shape index (κ3) is 2.93. The zero-order chi connectivity index (χ0) is 22.9. The maximum atomic E-state index is 13.7. The molecule has 0 bridgehead atoms. The molecule has 2 fully saturated rings. The number of hydrogen-bond acceptors (Lipinski definition) is 9. The van der Waals surface area contributed by atoms with Crippen LogP contribution in [-0.2, 0) is 4.74 Å². The van der Waals surface area contributed by atoms with Crippen LogP contribution in [0.3, 0.4) is 0 Å². The van der Waals surface area contributed by atoms with Gasteiger partial charge in [-0.1, -0.05) is 0 Å². The number of ether oxygens (including phenoxy) is 2. The SMILES string of the molecule is Nc1nc2cc(O[C@H]3CC[C@]4(O)C(O)[C@H](n5ccc6c(N)ncnc65)O[C@H]34)ccc2cc1F. The molecule has 3 aromatic heterocycles. The van der Waals surface area contributed by atoms with Crippen LogP contribution in [0.5, 0.6) is 5.75 Å². The lowest BCUT2D eigenvalue weighted by molar-refractivity contribution is -0.0791. The Bertz CT molecular complexity index is 1400. The average molecular weight is 452 g/mol. The summed E-state index contributed by atoms with van der Waals surface area (Å²) in [5.74, 6) is 0.0184. The van der Waals surface area contributed by atoms with Crippen molar-refractivity contribution in [3.63, 3.8) is 0 Å². The minimum Gasteiger partial charge on any atom is -0.488 e. The highest BCUT2D eigenvalue weighted by atomic mass is 19.1. The van der Waals surface area contributed by atoms with E-state index < -0.39 is 36.0 Å². The highest BCUT2D eigenvalue weighted by Gasteiger charge is 2.62. The second-order valence-corrected chi connectivity index (χ2v) is 8.51. The van der Waals surface area contributed by atoms with Gasteiger partial charge in [-0.15, -0.1) is 0 Å². The van der Waals surface area contributed by atoms with Crippen LogP contribution in [0.25, 0.3) is 21.9 Å². The standard InChI is InChI=1S/C22H21FN6O4/c23-13-7-10-1-2-11(8-14(10)28-19(13)25)32-15-3-5-22(31)16(30)21(33-17(15)22)29-6-4-12-18(24)26-9-27-20(12)29/h1-2,4,6-9,15-17,21,30-31H,3,5H2,(H2,25,28)(H2,24,26,27)/t15-,16?,17+,21+,22-/m0/s1. The smallest absolute Gasteiger partial charge is 0.165 e. The second-order valence-electron chi connectivity index (χ2n) is 8.51. The van der Waals surface area contributed by atoms with Gasteiger partial charge in [-0.3, -0.25) is 0 Å². The number of aromatic nitrogens is 4. The quantitative estimate of drug-likeness (QED) is 0.362. The van der Waals surface area contributed by atoms with Crippen molar-refractivity contribution in [3.8, 4) is 5.75 Å². The number of rotatable bonds is 3. The van der Waals surface area contributed by atoms with E-state index in [2.05, 4.69) is 15.0 Å². The van der Waals surface area contributed by atoms with Gasteiger partial charge in [0.2, 0.25) is 0 Å². The summed E-state index contributed by atoms with van der Waals surface area (Å²) in [7, 11) is 0. The van der Waals surface area contributed by atoms with Gasteiger partial charge in [0.05, 0.1) is 10.9 Å². The number of aliphatic hydroxyl groups excluding tert-OH is 1. The Morgan fingerprint density at radius 1 is 1.18 bits per heavy atom. The molecular weight excluding hydrogens is 431 g/mol. The second kappa shape index (κ2) is 6.98. The lowest BCUT2D eigenvalue weighted by Crippen LogP contribution is -2.47. The number of aliphatic hydroxyl groups is 2. The number of benzene rings is 1. The summed E-state index contributed by atoms with van der Waals surface area (Å²) in [6.45, 7) is 0. The van der Waals surface area contributed by atoms with Crippen LogP contribution < -0.4 is 16.2 Å². The summed E-state index contributed by atoms with van der Waals surface area (Å²) >= 11 is 0. The molecule has 1 aliphatic carbocycles. The molecule has 33 heavy (non-hydrogen) atoms. The van der Waals surface area contributed by atoms with Crippen molar-refractivity contribution in [2.75, 3.05) is 11.5 Å². The molecule has 170 valence electrons. The molecule has 1 unspecified atom stereocenters. The Morgan fingerprint density at radius 2 is 2.03 bits per heavy atom. The fourth-order valence-corrected chi connectivity index (χ4v) is 4.90. The molecule has 2 aliphatic rings. The largest absolute Gasteiger partial charge is 0.488 e. The van der Waals surface area contributed by atoms with E-state index in [9.17, 15) is 14.6 Å². The fourth-order valence-electron chi connectivity index (χ4n) is 4.90. The van der Waals surface area contributed by atoms with Crippen LogP contribution in [0.2, 0.25) is 0 Å². The van der Waals surface area contributed by atoms with Gasteiger partial charge < -0.3 is 35.7 Å². The van der Waals surface area contributed by atoms with Crippen molar-refractivity contribution in [2.45, 2.75) is 43.0 Å².